The number of imidazole rings is 1. The summed E-state index contributed by atoms with van der Waals surface area (Å²) in [5.41, 5.74) is 10.3. The Labute approximate surface area is 350 Å². The van der Waals surface area contributed by atoms with Crippen molar-refractivity contribution < 1.29 is 33.3 Å². The average Bonchev–Trinajstić information content (AvgIpc) is 4.08. The van der Waals surface area contributed by atoms with Crippen LogP contribution in [0, 0.1) is 0 Å². The molecule has 2 saturated carbocycles. The van der Waals surface area contributed by atoms with Crippen molar-refractivity contribution in [1.82, 2.24) is 24.4 Å². The van der Waals surface area contributed by atoms with Crippen LogP contribution >= 0.6 is 0 Å². The molecule has 3 aromatic carbocycles. The number of nitrogens with zero attached hydrogens (tertiary/aromatic N) is 5. The molecule has 3 aliphatic rings. The van der Waals surface area contributed by atoms with Gasteiger partial charge in [-0.3, -0.25) is 24.3 Å². The van der Waals surface area contributed by atoms with Crippen LogP contribution in [0.25, 0.3) is 11.2 Å². The highest BCUT2D eigenvalue weighted by atomic mass is 16.5. The fraction of sp³-hybridized carbons (Fsp3) is 0.435. The molecule has 2 fully saturated rings. The van der Waals surface area contributed by atoms with E-state index in [1.54, 1.807) is 56.7 Å². The van der Waals surface area contributed by atoms with E-state index in [9.17, 15) is 14.4 Å². The van der Waals surface area contributed by atoms with Gasteiger partial charge in [0.2, 0.25) is 5.91 Å². The molecular formula is C46H55N7O7. The number of carbonyl (C=O) groups excluding carboxylic acids is 3. The number of aromatic nitrogens is 4. The van der Waals surface area contributed by atoms with Crippen LogP contribution in [0.4, 0.5) is 0 Å². The Morgan fingerprint density at radius 1 is 0.850 bits per heavy atom. The summed E-state index contributed by atoms with van der Waals surface area (Å²) in [7, 11) is 3.24. The third kappa shape index (κ3) is 9.17. The van der Waals surface area contributed by atoms with Crippen LogP contribution in [0.3, 0.4) is 0 Å². The summed E-state index contributed by atoms with van der Waals surface area (Å²) in [5, 5.41) is 0. The van der Waals surface area contributed by atoms with Gasteiger partial charge in [-0.15, -0.1) is 0 Å². The molecule has 1 atom stereocenters. The predicted octanol–water partition coefficient (Wildman–Crippen LogP) is 7.41. The normalized spacial score (nSPS) is 16.3. The number of rotatable bonds is 14. The van der Waals surface area contributed by atoms with Crippen molar-refractivity contribution in [2.75, 3.05) is 20.8 Å². The zero-order valence-electron chi connectivity index (χ0n) is 35.1. The van der Waals surface area contributed by atoms with Gasteiger partial charge in [0.15, 0.2) is 34.1 Å². The molecule has 3 heterocycles. The van der Waals surface area contributed by atoms with Crippen molar-refractivity contribution in [1.29, 1.82) is 0 Å². The summed E-state index contributed by atoms with van der Waals surface area (Å²) in [6.45, 7) is 7.59. The zero-order valence-corrected chi connectivity index (χ0v) is 35.1. The van der Waals surface area contributed by atoms with Crippen LogP contribution < -0.4 is 30.2 Å². The summed E-state index contributed by atoms with van der Waals surface area (Å²) < 4.78 is 25.4. The lowest BCUT2D eigenvalue weighted by molar-refractivity contribution is -0.118. The van der Waals surface area contributed by atoms with Crippen molar-refractivity contribution in [3.8, 4) is 23.0 Å². The highest BCUT2D eigenvalue weighted by Gasteiger charge is 2.41. The molecule has 0 spiro atoms. The molecule has 3 N–H and O–H groups in total. The van der Waals surface area contributed by atoms with Crippen LogP contribution in [0.2, 0.25) is 0 Å². The van der Waals surface area contributed by atoms with Crippen molar-refractivity contribution in [3.05, 3.63) is 101 Å². The Morgan fingerprint density at radius 2 is 1.43 bits per heavy atom. The third-order valence-electron chi connectivity index (χ3n) is 11.2. The van der Waals surface area contributed by atoms with Gasteiger partial charge in [0.25, 0.3) is 11.8 Å². The standard InChI is InChI=1S/C23H31N5O2.C23H24N2O5/c1-5-24-22-20-23(27-21(26-20)15(2)3)28(14-25-22)13-16-10-11-18(29-4)19(12-16)30-17-8-6-7-9-17;1-29-19-11-10-14(12-20(19)30-15-6-2-3-7-15)18(13-21(24)26)25-22(27)16-8-4-5-9-17(16)23(25)28/h10-12,14-15,17H,5-9,13H2,1-4H3,(H,26,27);4-5,8-12,15,18H,2-3,6-7,13H2,1H3,(H2,24,26). The Bertz CT molecular complexity index is 2370. The summed E-state index contributed by atoms with van der Waals surface area (Å²) >= 11 is 0. The first-order valence-electron chi connectivity index (χ1n) is 21.0. The van der Waals surface area contributed by atoms with E-state index >= 15 is 0 Å². The highest BCUT2D eigenvalue weighted by Crippen LogP contribution is 2.39. The number of aromatic amines is 1. The fourth-order valence-electron chi connectivity index (χ4n) is 8.16. The molecule has 3 amide bonds. The van der Waals surface area contributed by atoms with Gasteiger partial charge in [-0.1, -0.05) is 38.1 Å². The number of nitrogens with one attached hydrogen (secondary N) is 1. The molecular weight excluding hydrogens is 763 g/mol. The van der Waals surface area contributed by atoms with Gasteiger partial charge in [0.1, 0.15) is 11.3 Å². The molecule has 0 radical (unpaired) electrons. The Balaban J connectivity index is 0.000000181. The lowest BCUT2D eigenvalue weighted by Gasteiger charge is -2.27. The largest absolute Gasteiger partial charge is 0.493 e. The second-order valence-electron chi connectivity index (χ2n) is 15.8. The average molecular weight is 818 g/mol. The van der Waals surface area contributed by atoms with Gasteiger partial charge < -0.3 is 34.2 Å². The lowest BCUT2D eigenvalue weighted by Crippen LogP contribution is -2.36. The number of primary amides is 1. The molecule has 5 aromatic rings. The lowest BCUT2D eigenvalue weighted by atomic mass is 10.0. The van der Waals surface area contributed by atoms with Crippen LogP contribution in [-0.2, 0) is 11.3 Å². The molecule has 2 aliphatic carbocycles. The Hall–Kier alpha value is -6.18. The Kier molecular flexibility index (Phi) is 13.2. The first-order valence-corrected chi connectivity index (χ1v) is 21.0. The van der Waals surface area contributed by atoms with E-state index in [1.807, 2.05) is 19.3 Å². The number of nitrogens with two attached hydrogens (primary N) is 1. The fourth-order valence-corrected chi connectivity index (χ4v) is 8.16. The number of ether oxygens (including phenoxy) is 4. The molecule has 316 valence electrons. The van der Waals surface area contributed by atoms with Gasteiger partial charge in [0.05, 0.1) is 62.9 Å². The van der Waals surface area contributed by atoms with E-state index in [-0.39, 0.29) is 18.6 Å². The second kappa shape index (κ2) is 18.8. The monoisotopic (exact) mass is 817 g/mol. The number of carbonyl (C=O) groups is 3. The first kappa shape index (κ1) is 42.0. The van der Waals surface area contributed by atoms with E-state index < -0.39 is 23.8 Å². The number of methoxy groups -OCH3 is 2. The summed E-state index contributed by atoms with van der Waals surface area (Å²) in [6, 6.07) is 17.1. The molecule has 60 heavy (non-hydrogen) atoms. The van der Waals surface area contributed by atoms with E-state index in [0.29, 0.717) is 52.7 Å². The molecule has 2 aromatic heterocycles. The third-order valence-corrected chi connectivity index (χ3v) is 11.2. The minimum Gasteiger partial charge on any atom is -0.493 e. The van der Waals surface area contributed by atoms with Crippen molar-refractivity contribution in [3.63, 3.8) is 0 Å². The maximum Gasteiger partial charge on any atom is 0.262 e. The van der Waals surface area contributed by atoms with Gasteiger partial charge >= 0.3 is 0 Å². The number of amides is 3. The second-order valence-corrected chi connectivity index (χ2v) is 15.8. The topological polar surface area (TPSA) is 176 Å². The van der Waals surface area contributed by atoms with Crippen molar-refractivity contribution in [2.24, 2.45) is 10.7 Å². The zero-order chi connectivity index (χ0) is 42.3. The molecule has 8 rings (SSSR count). The van der Waals surface area contributed by atoms with Gasteiger partial charge in [-0.05, 0) is 106 Å². The molecule has 0 saturated heterocycles. The molecule has 14 heteroatoms. The minimum atomic E-state index is -0.827. The summed E-state index contributed by atoms with van der Waals surface area (Å²) in [4.78, 5) is 56.3. The van der Waals surface area contributed by atoms with Crippen LogP contribution in [-0.4, -0.2) is 75.1 Å². The van der Waals surface area contributed by atoms with Gasteiger partial charge in [-0.25, -0.2) is 9.97 Å². The maximum absolute atomic E-state index is 13.0. The molecule has 1 unspecified atom stereocenters. The van der Waals surface area contributed by atoms with E-state index in [4.69, 9.17) is 29.7 Å². The number of H-pyrrole nitrogens is 1. The minimum absolute atomic E-state index is 0.100. The van der Waals surface area contributed by atoms with Crippen LogP contribution in [0.1, 0.15) is 128 Å². The summed E-state index contributed by atoms with van der Waals surface area (Å²) in [6.07, 6.45) is 10.9. The number of hydrogen-bond donors (Lipinski definition) is 2. The molecule has 14 nitrogen and oxygen atoms in total. The van der Waals surface area contributed by atoms with E-state index in [1.165, 1.54) is 12.8 Å². The molecule has 0 bridgehead atoms. The SMILES string of the molecule is CCN=c1ncn(Cc2ccc(OC)c(OC3CCCC3)c2)c2nc(C(C)C)[nH]c12.COc1ccc(C(CC(N)=O)N2C(=O)c3ccccc3C2=O)cc1OC1CCCC1. The number of hydrogen-bond acceptors (Lipinski definition) is 10. The number of fused-ring (bicyclic) bond motifs is 2. The quantitative estimate of drug-likeness (QED) is 0.108. The van der Waals surface area contributed by atoms with Crippen LogP contribution in [0.15, 0.2) is 72.0 Å². The number of imide groups is 1. The van der Waals surface area contributed by atoms with Crippen LogP contribution in [0.5, 0.6) is 23.0 Å². The predicted molar refractivity (Wildman–Crippen MR) is 226 cm³/mol. The van der Waals surface area contributed by atoms with E-state index in [2.05, 4.69) is 45.5 Å². The maximum atomic E-state index is 13.0. The smallest absolute Gasteiger partial charge is 0.262 e. The van der Waals surface area contributed by atoms with Crippen molar-refractivity contribution in [2.45, 2.75) is 109 Å². The Morgan fingerprint density at radius 3 is 1.98 bits per heavy atom. The van der Waals surface area contributed by atoms with Gasteiger partial charge in [0, 0.05) is 12.5 Å². The first-order chi connectivity index (χ1) is 29.1. The van der Waals surface area contributed by atoms with E-state index in [0.717, 1.165) is 77.5 Å². The molecule has 1 aliphatic heterocycles. The number of benzene rings is 3. The summed E-state index contributed by atoms with van der Waals surface area (Å²) in [5.74, 6) is 2.45. The van der Waals surface area contributed by atoms with Crippen molar-refractivity contribution >= 4 is 28.9 Å². The highest BCUT2D eigenvalue weighted by molar-refractivity contribution is 6.21. The van der Waals surface area contributed by atoms with Gasteiger partial charge in [-0.2, -0.15) is 0 Å².